The normalized spacial score (nSPS) is 22.5. The van der Waals surface area contributed by atoms with Crippen LogP contribution in [-0.2, 0) is 17.3 Å². The molecule has 1 aliphatic carbocycles. The smallest absolute Gasteiger partial charge is 0.270 e. The van der Waals surface area contributed by atoms with Crippen molar-refractivity contribution in [3.8, 4) is 0 Å². The minimum Gasteiger partial charge on any atom is -0.347 e. The van der Waals surface area contributed by atoms with E-state index in [1.54, 1.807) is 0 Å². The van der Waals surface area contributed by atoms with Crippen LogP contribution in [0.2, 0.25) is 0 Å². The largest absolute Gasteiger partial charge is 0.347 e. The first-order valence-corrected chi connectivity index (χ1v) is 11.4. The molecule has 0 radical (unpaired) electrons. The predicted octanol–water partition coefficient (Wildman–Crippen LogP) is 3.70. The van der Waals surface area contributed by atoms with Gasteiger partial charge in [-0.05, 0) is 66.7 Å². The van der Waals surface area contributed by atoms with Crippen LogP contribution >= 0.6 is 0 Å². The van der Waals surface area contributed by atoms with Gasteiger partial charge in [-0.1, -0.05) is 24.3 Å². The van der Waals surface area contributed by atoms with Crippen LogP contribution in [0.25, 0.3) is 0 Å². The molecule has 2 saturated heterocycles. The summed E-state index contributed by atoms with van der Waals surface area (Å²) in [6.07, 6.45) is 7.84. The number of aromatic nitrogens is 1. The van der Waals surface area contributed by atoms with Crippen molar-refractivity contribution in [2.45, 2.75) is 49.9 Å². The van der Waals surface area contributed by atoms with Crippen molar-refractivity contribution in [2.24, 2.45) is 7.05 Å². The van der Waals surface area contributed by atoms with E-state index in [0.717, 1.165) is 64.0 Å². The van der Waals surface area contributed by atoms with Gasteiger partial charge in [-0.2, -0.15) is 0 Å². The van der Waals surface area contributed by atoms with Crippen molar-refractivity contribution in [1.82, 2.24) is 14.4 Å². The number of carbonyl (C=O) groups excluding carboxylic acids is 2. The van der Waals surface area contributed by atoms with Crippen LogP contribution in [0.5, 0.6) is 0 Å². The number of benzene rings is 1. The lowest BCUT2D eigenvalue weighted by molar-refractivity contribution is -0.130. The van der Waals surface area contributed by atoms with Gasteiger partial charge in [0.25, 0.3) is 5.91 Å². The fraction of sp³-hybridized carbons (Fsp3) is 0.520. The molecule has 3 heterocycles. The number of hydrogen-bond acceptors (Lipinski definition) is 2. The first kappa shape index (κ1) is 19.4. The molecule has 1 aromatic carbocycles. The van der Waals surface area contributed by atoms with Gasteiger partial charge in [0, 0.05) is 45.8 Å². The van der Waals surface area contributed by atoms with Gasteiger partial charge in [0.05, 0.1) is 0 Å². The second kappa shape index (κ2) is 7.60. The Morgan fingerprint density at radius 3 is 2.40 bits per heavy atom. The zero-order valence-corrected chi connectivity index (χ0v) is 17.8. The summed E-state index contributed by atoms with van der Waals surface area (Å²) in [4.78, 5) is 29.9. The SMILES string of the molecule is Cn1cccc1C(=O)N1CCC2(CC1)C[C@H](CC(=O)N1CCCC1)c1ccccc12. The molecule has 1 atom stereocenters. The Hall–Kier alpha value is -2.56. The predicted molar refractivity (Wildman–Crippen MR) is 116 cm³/mol. The molecule has 5 rings (SSSR count). The molecule has 2 aliphatic heterocycles. The number of rotatable bonds is 3. The van der Waals surface area contributed by atoms with E-state index in [1.807, 2.05) is 34.8 Å². The summed E-state index contributed by atoms with van der Waals surface area (Å²) in [6, 6.07) is 12.6. The number of likely N-dealkylation sites (tertiary alicyclic amines) is 2. The zero-order valence-electron chi connectivity index (χ0n) is 17.8. The van der Waals surface area contributed by atoms with Crippen molar-refractivity contribution in [3.05, 3.63) is 59.4 Å². The number of nitrogens with zero attached hydrogens (tertiary/aromatic N) is 3. The Morgan fingerprint density at radius 1 is 0.967 bits per heavy atom. The van der Waals surface area contributed by atoms with Crippen molar-refractivity contribution in [2.75, 3.05) is 26.2 Å². The Morgan fingerprint density at radius 2 is 1.70 bits per heavy atom. The van der Waals surface area contributed by atoms with Gasteiger partial charge in [-0.25, -0.2) is 0 Å². The summed E-state index contributed by atoms with van der Waals surface area (Å²) in [6.45, 7) is 3.42. The molecule has 0 unspecified atom stereocenters. The molecule has 0 N–H and O–H groups in total. The maximum absolute atomic E-state index is 12.9. The standard InChI is InChI=1S/C25H31N3O2/c1-26-12-6-9-22(26)24(30)28-15-10-25(11-16-28)18-19(20-7-2-3-8-21(20)25)17-23(29)27-13-4-5-14-27/h2-3,6-9,12,19H,4-5,10-11,13-18H2,1H3/t19-/m0/s1. The topological polar surface area (TPSA) is 45.6 Å². The van der Waals surface area contributed by atoms with Crippen LogP contribution in [-0.4, -0.2) is 52.4 Å². The van der Waals surface area contributed by atoms with Crippen LogP contribution in [0.3, 0.4) is 0 Å². The molecule has 1 aromatic heterocycles. The monoisotopic (exact) mass is 405 g/mol. The van der Waals surface area contributed by atoms with E-state index in [-0.39, 0.29) is 11.3 Å². The lowest BCUT2D eigenvalue weighted by atomic mass is 9.73. The van der Waals surface area contributed by atoms with E-state index < -0.39 is 0 Å². The van der Waals surface area contributed by atoms with Gasteiger partial charge >= 0.3 is 0 Å². The number of fused-ring (bicyclic) bond motifs is 2. The van der Waals surface area contributed by atoms with Gasteiger partial charge in [0.15, 0.2) is 0 Å². The van der Waals surface area contributed by atoms with Crippen LogP contribution < -0.4 is 0 Å². The molecule has 3 aliphatic rings. The van der Waals surface area contributed by atoms with E-state index in [4.69, 9.17) is 0 Å². The van der Waals surface area contributed by atoms with Crippen molar-refractivity contribution < 1.29 is 9.59 Å². The van der Waals surface area contributed by atoms with Crippen LogP contribution in [0.1, 0.15) is 66.1 Å². The van der Waals surface area contributed by atoms with Crippen LogP contribution in [0, 0.1) is 0 Å². The lowest BCUT2D eigenvalue weighted by Crippen LogP contribution is -2.44. The van der Waals surface area contributed by atoms with E-state index in [9.17, 15) is 9.59 Å². The molecule has 2 aromatic rings. The van der Waals surface area contributed by atoms with Gasteiger partial charge in [-0.15, -0.1) is 0 Å². The highest BCUT2D eigenvalue weighted by Crippen LogP contribution is 2.52. The third-order valence-electron chi connectivity index (χ3n) is 7.66. The Kier molecular flexibility index (Phi) is 4.92. The highest BCUT2D eigenvalue weighted by Gasteiger charge is 2.46. The summed E-state index contributed by atoms with van der Waals surface area (Å²) < 4.78 is 1.90. The molecule has 1 spiro atoms. The first-order valence-electron chi connectivity index (χ1n) is 11.4. The molecule has 30 heavy (non-hydrogen) atoms. The molecular weight excluding hydrogens is 374 g/mol. The quantitative estimate of drug-likeness (QED) is 0.782. The minimum absolute atomic E-state index is 0.109. The van der Waals surface area contributed by atoms with Crippen molar-refractivity contribution in [3.63, 3.8) is 0 Å². The molecule has 5 nitrogen and oxygen atoms in total. The summed E-state index contributed by atoms with van der Waals surface area (Å²) in [5.41, 5.74) is 3.66. The third kappa shape index (κ3) is 3.24. The van der Waals surface area contributed by atoms with Crippen LogP contribution in [0.15, 0.2) is 42.6 Å². The number of aryl methyl sites for hydroxylation is 1. The molecule has 2 amide bonds. The minimum atomic E-state index is 0.109. The van der Waals surface area contributed by atoms with Gasteiger partial charge in [0.1, 0.15) is 5.69 Å². The highest BCUT2D eigenvalue weighted by molar-refractivity contribution is 5.92. The number of amides is 2. The highest BCUT2D eigenvalue weighted by atomic mass is 16.2. The molecule has 158 valence electrons. The first-order chi connectivity index (χ1) is 14.6. The van der Waals surface area contributed by atoms with Crippen LogP contribution in [0.4, 0.5) is 0 Å². The zero-order chi connectivity index (χ0) is 20.7. The molecule has 2 fully saturated rings. The lowest BCUT2D eigenvalue weighted by Gasteiger charge is -2.40. The molecular formula is C25H31N3O2. The van der Waals surface area contributed by atoms with Crippen molar-refractivity contribution in [1.29, 1.82) is 0 Å². The second-order valence-electron chi connectivity index (χ2n) is 9.36. The van der Waals surface area contributed by atoms with E-state index in [1.165, 1.54) is 11.1 Å². The van der Waals surface area contributed by atoms with Gasteiger partial charge in [-0.3, -0.25) is 9.59 Å². The average molecular weight is 406 g/mol. The fourth-order valence-electron chi connectivity index (χ4n) is 5.97. The second-order valence-corrected chi connectivity index (χ2v) is 9.36. The summed E-state index contributed by atoms with van der Waals surface area (Å²) in [5, 5.41) is 0. The van der Waals surface area contributed by atoms with Crippen molar-refractivity contribution >= 4 is 11.8 Å². The molecule has 0 bridgehead atoms. The summed E-state index contributed by atoms with van der Waals surface area (Å²) in [7, 11) is 1.92. The summed E-state index contributed by atoms with van der Waals surface area (Å²) in [5.74, 6) is 0.759. The molecule has 5 heteroatoms. The van der Waals surface area contributed by atoms with E-state index in [2.05, 4.69) is 29.2 Å². The summed E-state index contributed by atoms with van der Waals surface area (Å²) >= 11 is 0. The van der Waals surface area contributed by atoms with Gasteiger partial charge < -0.3 is 14.4 Å². The third-order valence-corrected chi connectivity index (χ3v) is 7.66. The maximum atomic E-state index is 12.9. The number of hydrogen-bond donors (Lipinski definition) is 0. The number of carbonyl (C=O) groups is 2. The Labute approximate surface area is 178 Å². The Bertz CT molecular complexity index is 949. The van der Waals surface area contributed by atoms with E-state index in [0.29, 0.717) is 18.2 Å². The van der Waals surface area contributed by atoms with E-state index >= 15 is 0 Å². The average Bonchev–Trinajstić information content (AvgIpc) is 3.50. The maximum Gasteiger partial charge on any atom is 0.270 e. The van der Waals surface area contributed by atoms with Gasteiger partial charge in [0.2, 0.25) is 5.91 Å². The molecule has 0 saturated carbocycles. The number of piperidine rings is 1. The fourth-order valence-corrected chi connectivity index (χ4v) is 5.97. The Balaban J connectivity index is 1.32.